The number of thiazole rings is 1. The average molecular weight is 380 g/mol. The van der Waals surface area contributed by atoms with Gasteiger partial charge in [-0.3, -0.25) is 4.79 Å². The zero-order chi connectivity index (χ0) is 18.2. The van der Waals surface area contributed by atoms with Gasteiger partial charge in [0.05, 0.1) is 22.4 Å². The number of nitrogens with one attached hydrogen (secondary N) is 2. The molecule has 2 rings (SSSR count). The number of carbonyl (C=O) groups excluding carboxylic acids is 2. The van der Waals surface area contributed by atoms with Crippen LogP contribution in [0.3, 0.4) is 0 Å². The van der Waals surface area contributed by atoms with Crippen LogP contribution in [0.1, 0.15) is 49.9 Å². The van der Waals surface area contributed by atoms with E-state index < -0.39 is 0 Å². The Morgan fingerprint density at radius 1 is 1.28 bits per heavy atom. The zero-order valence-corrected chi connectivity index (χ0v) is 15.9. The molecule has 1 aromatic carbocycles. The number of amides is 1. The summed E-state index contributed by atoms with van der Waals surface area (Å²) in [5.74, 6) is -0.459. The SMILES string of the molecule is CCCCOC(=O)c1ccc2nc(NC(=S)NC(=O)CCC)sc2c1. The van der Waals surface area contributed by atoms with Gasteiger partial charge in [-0.05, 0) is 43.3 Å². The van der Waals surface area contributed by atoms with Crippen molar-refractivity contribution in [2.75, 3.05) is 11.9 Å². The van der Waals surface area contributed by atoms with E-state index in [1.54, 1.807) is 18.2 Å². The number of benzene rings is 1. The smallest absolute Gasteiger partial charge is 0.338 e. The predicted octanol–water partition coefficient (Wildman–Crippen LogP) is 3.87. The lowest BCUT2D eigenvalue weighted by Crippen LogP contribution is -2.33. The van der Waals surface area contributed by atoms with Crippen molar-refractivity contribution in [1.29, 1.82) is 0 Å². The Kier molecular flexibility index (Phi) is 7.27. The van der Waals surface area contributed by atoms with Gasteiger partial charge in [-0.15, -0.1) is 0 Å². The van der Waals surface area contributed by atoms with Crippen molar-refractivity contribution in [1.82, 2.24) is 10.3 Å². The predicted molar refractivity (Wildman–Crippen MR) is 104 cm³/mol. The van der Waals surface area contributed by atoms with E-state index in [9.17, 15) is 9.59 Å². The fourth-order valence-corrected chi connectivity index (χ4v) is 3.23. The molecule has 0 saturated carbocycles. The molecule has 6 nitrogen and oxygen atoms in total. The first-order valence-electron chi connectivity index (χ1n) is 8.22. The molecule has 8 heteroatoms. The quantitative estimate of drug-likeness (QED) is 0.432. The van der Waals surface area contributed by atoms with Crippen molar-refractivity contribution in [3.63, 3.8) is 0 Å². The first kappa shape index (κ1) is 19.3. The first-order valence-corrected chi connectivity index (χ1v) is 9.44. The minimum absolute atomic E-state index is 0.127. The lowest BCUT2D eigenvalue weighted by Gasteiger charge is -2.05. The molecule has 0 atom stereocenters. The van der Waals surface area contributed by atoms with Gasteiger partial charge in [0.25, 0.3) is 0 Å². The van der Waals surface area contributed by atoms with E-state index >= 15 is 0 Å². The number of hydrogen-bond donors (Lipinski definition) is 2. The molecule has 0 fully saturated rings. The number of nitrogens with zero attached hydrogens (tertiary/aromatic N) is 1. The molecular formula is C17H21N3O3S2. The number of carbonyl (C=O) groups is 2. The molecule has 0 unspecified atom stereocenters. The number of fused-ring (bicyclic) bond motifs is 1. The van der Waals surface area contributed by atoms with Crippen LogP contribution < -0.4 is 10.6 Å². The summed E-state index contributed by atoms with van der Waals surface area (Å²) < 4.78 is 6.06. The summed E-state index contributed by atoms with van der Waals surface area (Å²) in [6, 6.07) is 5.22. The van der Waals surface area contributed by atoms with Crippen molar-refractivity contribution in [3.05, 3.63) is 23.8 Å². The molecule has 2 N–H and O–H groups in total. The molecule has 0 spiro atoms. The van der Waals surface area contributed by atoms with Gasteiger partial charge in [0.2, 0.25) is 5.91 Å². The molecule has 1 aromatic heterocycles. The second-order valence-electron chi connectivity index (χ2n) is 5.44. The maximum Gasteiger partial charge on any atom is 0.338 e. The summed E-state index contributed by atoms with van der Waals surface area (Å²) in [6.45, 7) is 4.39. The summed E-state index contributed by atoms with van der Waals surface area (Å²) in [5.41, 5.74) is 1.25. The van der Waals surface area contributed by atoms with Gasteiger partial charge in [-0.25, -0.2) is 9.78 Å². The van der Waals surface area contributed by atoms with Gasteiger partial charge < -0.3 is 15.4 Å². The number of ether oxygens (including phenoxy) is 1. The van der Waals surface area contributed by atoms with Crippen LogP contribution in [0.4, 0.5) is 5.13 Å². The van der Waals surface area contributed by atoms with Crippen LogP contribution in [0.25, 0.3) is 10.2 Å². The summed E-state index contributed by atoms with van der Waals surface area (Å²) in [6.07, 6.45) is 3.01. The molecule has 2 aromatic rings. The summed E-state index contributed by atoms with van der Waals surface area (Å²) in [5, 5.41) is 6.29. The van der Waals surface area contributed by atoms with E-state index in [0.717, 1.165) is 29.5 Å². The Balaban J connectivity index is 2.03. The first-order chi connectivity index (χ1) is 12.0. The Hall–Kier alpha value is -2.06. The lowest BCUT2D eigenvalue weighted by atomic mass is 10.2. The standard InChI is InChI=1S/C17H21N3O3S2/c1-3-5-9-23-15(22)11-7-8-12-13(10-11)25-17(18-12)20-16(24)19-14(21)6-4-2/h7-8,10H,3-6,9H2,1-2H3,(H2,18,19,20,21,24). The third kappa shape index (κ3) is 5.75. The minimum Gasteiger partial charge on any atom is -0.462 e. The molecular weight excluding hydrogens is 358 g/mol. The largest absolute Gasteiger partial charge is 0.462 e. The number of rotatable bonds is 7. The topological polar surface area (TPSA) is 80.3 Å². The van der Waals surface area contributed by atoms with Crippen LogP contribution >= 0.6 is 23.6 Å². The van der Waals surface area contributed by atoms with Crippen molar-refractivity contribution >= 4 is 55.9 Å². The Labute approximate surface area is 156 Å². The minimum atomic E-state index is -0.333. The number of anilines is 1. The Morgan fingerprint density at radius 2 is 2.08 bits per heavy atom. The van der Waals surface area contributed by atoms with Crippen molar-refractivity contribution in [2.24, 2.45) is 0 Å². The molecule has 0 aliphatic rings. The molecule has 0 aliphatic heterocycles. The van der Waals surface area contributed by atoms with Gasteiger partial charge in [0.15, 0.2) is 10.2 Å². The number of esters is 1. The van der Waals surface area contributed by atoms with Crippen LogP contribution in [0, 0.1) is 0 Å². The van der Waals surface area contributed by atoms with Crippen molar-refractivity contribution in [2.45, 2.75) is 39.5 Å². The van der Waals surface area contributed by atoms with Gasteiger partial charge >= 0.3 is 5.97 Å². The molecule has 134 valence electrons. The van der Waals surface area contributed by atoms with E-state index in [-0.39, 0.29) is 17.0 Å². The maximum atomic E-state index is 12.0. The van der Waals surface area contributed by atoms with Gasteiger partial charge in [-0.1, -0.05) is 31.6 Å². The Morgan fingerprint density at radius 3 is 2.80 bits per heavy atom. The number of thiocarbonyl (C=S) groups is 1. The van der Waals surface area contributed by atoms with Crippen molar-refractivity contribution in [3.8, 4) is 0 Å². The lowest BCUT2D eigenvalue weighted by molar-refractivity contribution is -0.119. The highest BCUT2D eigenvalue weighted by atomic mass is 32.1. The molecule has 1 amide bonds. The second kappa shape index (κ2) is 9.43. The molecule has 0 radical (unpaired) electrons. The summed E-state index contributed by atoms with van der Waals surface area (Å²) in [7, 11) is 0. The van der Waals surface area contributed by atoms with E-state index in [0.29, 0.717) is 23.7 Å². The maximum absolute atomic E-state index is 12.0. The van der Waals surface area contributed by atoms with E-state index in [4.69, 9.17) is 17.0 Å². The molecule has 0 saturated heterocycles. The van der Waals surface area contributed by atoms with E-state index in [1.165, 1.54) is 11.3 Å². The second-order valence-corrected chi connectivity index (χ2v) is 6.88. The van der Waals surface area contributed by atoms with E-state index in [2.05, 4.69) is 15.6 Å². The van der Waals surface area contributed by atoms with Crippen LogP contribution in [0.2, 0.25) is 0 Å². The molecule has 1 heterocycles. The van der Waals surface area contributed by atoms with Gasteiger partial charge in [-0.2, -0.15) is 0 Å². The fourth-order valence-electron chi connectivity index (χ4n) is 2.04. The van der Waals surface area contributed by atoms with Crippen molar-refractivity contribution < 1.29 is 14.3 Å². The highest BCUT2D eigenvalue weighted by Gasteiger charge is 2.12. The monoisotopic (exact) mass is 379 g/mol. The average Bonchev–Trinajstić information content (AvgIpc) is 2.95. The van der Waals surface area contributed by atoms with Gasteiger partial charge in [0.1, 0.15) is 0 Å². The number of hydrogen-bond acceptors (Lipinski definition) is 6. The van der Waals surface area contributed by atoms with Gasteiger partial charge in [0, 0.05) is 6.42 Å². The number of unbranched alkanes of at least 4 members (excludes halogenated alkanes) is 1. The highest BCUT2D eigenvalue weighted by molar-refractivity contribution is 7.80. The third-order valence-electron chi connectivity index (χ3n) is 3.31. The zero-order valence-electron chi connectivity index (χ0n) is 14.3. The Bertz CT molecular complexity index is 774. The molecule has 0 bridgehead atoms. The fraction of sp³-hybridized carbons (Fsp3) is 0.412. The van der Waals surface area contributed by atoms with E-state index in [1.807, 2.05) is 13.8 Å². The van der Waals surface area contributed by atoms with Crippen LogP contribution in [0.15, 0.2) is 18.2 Å². The number of aromatic nitrogens is 1. The summed E-state index contributed by atoms with van der Waals surface area (Å²) >= 11 is 6.46. The summed E-state index contributed by atoms with van der Waals surface area (Å²) in [4.78, 5) is 27.9. The molecule has 0 aliphatic carbocycles. The molecule has 25 heavy (non-hydrogen) atoms. The normalized spacial score (nSPS) is 10.5. The third-order valence-corrected chi connectivity index (χ3v) is 4.44. The van der Waals surface area contributed by atoms with Crippen LogP contribution in [0.5, 0.6) is 0 Å². The highest BCUT2D eigenvalue weighted by Crippen LogP contribution is 2.27. The van der Waals surface area contributed by atoms with Crippen LogP contribution in [-0.4, -0.2) is 28.6 Å². The van der Waals surface area contributed by atoms with Crippen LogP contribution in [-0.2, 0) is 9.53 Å².